The van der Waals surface area contributed by atoms with Gasteiger partial charge in [0, 0.05) is 6.42 Å². The summed E-state index contributed by atoms with van der Waals surface area (Å²) in [5.41, 5.74) is 0. The van der Waals surface area contributed by atoms with E-state index in [1.165, 1.54) is 25.7 Å². The van der Waals surface area contributed by atoms with Gasteiger partial charge < -0.3 is 14.6 Å². The van der Waals surface area contributed by atoms with E-state index < -0.39 is 0 Å². The number of nitrogens with zero attached hydrogens (tertiary/aromatic N) is 1. The molecule has 1 N–H and O–H groups in total. The van der Waals surface area contributed by atoms with Gasteiger partial charge in [-0.15, -0.1) is 0 Å². The first kappa shape index (κ1) is 22.7. The lowest BCUT2D eigenvalue weighted by Crippen LogP contribution is -2.12. The molecule has 0 aromatic carbocycles. The highest BCUT2D eigenvalue weighted by atomic mass is 16.7. The lowest BCUT2D eigenvalue weighted by molar-refractivity contribution is -0.137. The zero-order valence-corrected chi connectivity index (χ0v) is 16.5. The van der Waals surface area contributed by atoms with Gasteiger partial charge in [-0.1, -0.05) is 64.0 Å². The number of esters is 1. The lowest BCUT2D eigenvalue weighted by atomic mass is 10.1. The van der Waals surface area contributed by atoms with Gasteiger partial charge in [-0.05, 0) is 32.1 Å². The number of aliphatic hydroxyl groups is 1. The first-order valence-electron chi connectivity index (χ1n) is 10.4. The van der Waals surface area contributed by atoms with Crippen molar-refractivity contribution in [2.45, 2.75) is 96.5 Å². The average Bonchev–Trinajstić information content (AvgIpc) is 3.13. The summed E-state index contributed by atoms with van der Waals surface area (Å²) >= 11 is 0. The van der Waals surface area contributed by atoms with Crippen LogP contribution in [0.1, 0.15) is 90.4 Å². The van der Waals surface area contributed by atoms with Crippen molar-refractivity contribution in [3.8, 4) is 0 Å². The van der Waals surface area contributed by atoms with Gasteiger partial charge >= 0.3 is 12.1 Å². The largest absolute Gasteiger partial charge is 0.448 e. The molecule has 5 nitrogen and oxygen atoms in total. The van der Waals surface area contributed by atoms with E-state index in [-0.39, 0.29) is 18.2 Å². The molecule has 0 saturated carbocycles. The van der Waals surface area contributed by atoms with Crippen molar-refractivity contribution < 1.29 is 19.4 Å². The summed E-state index contributed by atoms with van der Waals surface area (Å²) in [6.07, 6.45) is 17.7. The second kappa shape index (κ2) is 15.9. The van der Waals surface area contributed by atoms with Crippen LogP contribution in [0.3, 0.4) is 0 Å². The van der Waals surface area contributed by atoms with Gasteiger partial charge in [-0.25, -0.2) is 4.99 Å². The Hall–Kier alpha value is -1.36. The zero-order chi connectivity index (χ0) is 18.9. The maximum atomic E-state index is 11.5. The van der Waals surface area contributed by atoms with Gasteiger partial charge in [-0.2, -0.15) is 0 Å². The number of aliphatic hydroxyl groups excluding tert-OH is 1. The van der Waals surface area contributed by atoms with Gasteiger partial charge in [0.1, 0.15) is 6.61 Å². The molecule has 1 aliphatic heterocycles. The molecule has 1 heterocycles. The molecule has 0 aromatic heterocycles. The molecule has 5 heteroatoms. The van der Waals surface area contributed by atoms with Crippen LogP contribution >= 0.6 is 0 Å². The summed E-state index contributed by atoms with van der Waals surface area (Å²) < 4.78 is 10.0. The Morgan fingerprint density at radius 3 is 2.69 bits per heavy atom. The van der Waals surface area contributed by atoms with Crippen LogP contribution in [0.4, 0.5) is 0 Å². The van der Waals surface area contributed by atoms with E-state index in [1.54, 1.807) is 0 Å². The van der Waals surface area contributed by atoms with Crippen molar-refractivity contribution in [2.24, 2.45) is 4.99 Å². The summed E-state index contributed by atoms with van der Waals surface area (Å²) in [6.45, 7) is 3.29. The second-order valence-corrected chi connectivity index (χ2v) is 6.99. The molecule has 0 aliphatic carbocycles. The fourth-order valence-electron chi connectivity index (χ4n) is 2.88. The van der Waals surface area contributed by atoms with Gasteiger partial charge in [0.05, 0.1) is 12.6 Å². The van der Waals surface area contributed by atoms with Crippen molar-refractivity contribution in [3.63, 3.8) is 0 Å². The van der Waals surface area contributed by atoms with Gasteiger partial charge in [0.25, 0.3) is 0 Å². The van der Waals surface area contributed by atoms with E-state index in [9.17, 15) is 9.90 Å². The SMILES string of the molecule is CCCCCC[C@@H](O)C/C=C\CCCCCCCC(=O)OC1=NCCO1. The Kier molecular flexibility index (Phi) is 13.8. The highest BCUT2D eigenvalue weighted by molar-refractivity contribution is 5.84. The van der Waals surface area contributed by atoms with Crippen LogP contribution < -0.4 is 0 Å². The van der Waals surface area contributed by atoms with E-state index in [0.717, 1.165) is 51.4 Å². The van der Waals surface area contributed by atoms with Crippen LogP contribution in [0.15, 0.2) is 17.1 Å². The minimum absolute atomic E-state index is 0.132. The third kappa shape index (κ3) is 12.9. The summed E-state index contributed by atoms with van der Waals surface area (Å²) in [6, 6.07) is 0. The first-order valence-corrected chi connectivity index (χ1v) is 10.4. The monoisotopic (exact) mass is 367 g/mol. The topological polar surface area (TPSA) is 68.1 Å². The third-order valence-electron chi connectivity index (χ3n) is 4.48. The van der Waals surface area contributed by atoms with E-state index >= 15 is 0 Å². The van der Waals surface area contributed by atoms with Gasteiger partial charge in [-0.3, -0.25) is 4.79 Å². The molecule has 1 aliphatic rings. The molecule has 0 spiro atoms. The molecule has 150 valence electrons. The molecular weight excluding hydrogens is 330 g/mol. The summed E-state index contributed by atoms with van der Waals surface area (Å²) in [4.78, 5) is 15.5. The first-order chi connectivity index (χ1) is 12.7. The third-order valence-corrected chi connectivity index (χ3v) is 4.48. The van der Waals surface area contributed by atoms with Crippen LogP contribution in [0.2, 0.25) is 0 Å². The molecule has 26 heavy (non-hydrogen) atoms. The van der Waals surface area contributed by atoms with Crippen molar-refractivity contribution in [3.05, 3.63) is 12.2 Å². The Labute approximate surface area is 158 Å². The Balaban J connectivity index is 1.84. The summed E-state index contributed by atoms with van der Waals surface area (Å²) in [5.74, 6) is -0.248. The van der Waals surface area contributed by atoms with E-state index in [0.29, 0.717) is 19.6 Å². The number of ether oxygens (including phenoxy) is 2. The second-order valence-electron chi connectivity index (χ2n) is 6.99. The molecule has 0 saturated heterocycles. The van der Waals surface area contributed by atoms with Crippen LogP contribution in [-0.4, -0.2) is 36.4 Å². The lowest BCUT2D eigenvalue weighted by Gasteiger charge is -2.07. The fraction of sp³-hybridized carbons (Fsp3) is 0.810. The number of hydrogen-bond donors (Lipinski definition) is 1. The van der Waals surface area contributed by atoms with Crippen molar-refractivity contribution in [1.29, 1.82) is 0 Å². The Morgan fingerprint density at radius 2 is 1.92 bits per heavy atom. The molecule has 0 radical (unpaired) electrons. The number of carbonyl (C=O) groups is 1. The summed E-state index contributed by atoms with van der Waals surface area (Å²) in [5, 5.41) is 9.88. The van der Waals surface area contributed by atoms with Crippen LogP contribution in [0, 0.1) is 0 Å². The molecule has 1 rings (SSSR count). The number of allylic oxidation sites excluding steroid dienone is 1. The average molecular weight is 368 g/mol. The predicted molar refractivity (Wildman–Crippen MR) is 105 cm³/mol. The zero-order valence-electron chi connectivity index (χ0n) is 16.5. The van der Waals surface area contributed by atoms with Gasteiger partial charge in [0.2, 0.25) is 0 Å². The Bertz CT molecular complexity index is 420. The fourth-order valence-corrected chi connectivity index (χ4v) is 2.88. The molecule has 0 aromatic rings. The number of rotatable bonds is 15. The number of unbranched alkanes of at least 4 members (excludes halogenated alkanes) is 8. The Morgan fingerprint density at radius 1 is 1.15 bits per heavy atom. The minimum Gasteiger partial charge on any atom is -0.448 e. The smallest absolute Gasteiger partial charge is 0.391 e. The maximum Gasteiger partial charge on any atom is 0.391 e. The molecule has 1 atom stereocenters. The summed E-state index contributed by atoms with van der Waals surface area (Å²) in [7, 11) is 0. The number of hydrogen-bond acceptors (Lipinski definition) is 5. The van der Waals surface area contributed by atoms with Crippen molar-refractivity contribution in [1.82, 2.24) is 0 Å². The molecular formula is C21H37NO4. The quantitative estimate of drug-likeness (QED) is 0.253. The van der Waals surface area contributed by atoms with E-state index in [2.05, 4.69) is 24.1 Å². The highest BCUT2D eigenvalue weighted by Crippen LogP contribution is 2.11. The molecule has 0 fully saturated rings. The molecule has 0 bridgehead atoms. The number of carbonyl (C=O) groups excluding carboxylic acids is 1. The number of aliphatic imine (C=N–C) groups is 1. The maximum absolute atomic E-state index is 11.5. The van der Waals surface area contributed by atoms with E-state index in [4.69, 9.17) is 9.47 Å². The highest BCUT2D eigenvalue weighted by Gasteiger charge is 2.13. The standard InChI is InChI=1S/C21H37NO4/c1-2-3-4-11-14-19(23)15-12-9-7-5-6-8-10-13-16-20(24)26-21-22-17-18-25-21/h9,12,19,23H,2-8,10-11,13-18H2,1H3/b12-9-/t19-/m1/s1. The van der Waals surface area contributed by atoms with Gasteiger partial charge in [0.15, 0.2) is 0 Å². The molecule has 0 unspecified atom stereocenters. The predicted octanol–water partition coefficient (Wildman–Crippen LogP) is 4.92. The van der Waals surface area contributed by atoms with Crippen LogP contribution in [0.25, 0.3) is 0 Å². The minimum atomic E-state index is -0.248. The van der Waals surface area contributed by atoms with Crippen LogP contribution in [-0.2, 0) is 14.3 Å². The van der Waals surface area contributed by atoms with E-state index in [1.807, 2.05) is 0 Å². The van der Waals surface area contributed by atoms with Crippen LogP contribution in [0.5, 0.6) is 0 Å². The normalized spacial score (nSPS) is 15.1. The molecule has 0 amide bonds. The van der Waals surface area contributed by atoms with Crippen molar-refractivity contribution >= 4 is 12.1 Å². The van der Waals surface area contributed by atoms with Crippen molar-refractivity contribution in [2.75, 3.05) is 13.2 Å².